The highest BCUT2D eigenvalue weighted by Crippen LogP contribution is 2.18. The van der Waals surface area contributed by atoms with Crippen LogP contribution in [-0.4, -0.2) is 0 Å². The summed E-state index contributed by atoms with van der Waals surface area (Å²) in [4.78, 5) is 0. The molecule has 0 radical (unpaired) electrons. The molecule has 0 amide bonds. The average molecular weight is 324 g/mol. The summed E-state index contributed by atoms with van der Waals surface area (Å²) in [6.45, 7) is 0. The van der Waals surface area contributed by atoms with Crippen molar-refractivity contribution in [2.45, 2.75) is 7.43 Å². The number of hydrogen-bond donors (Lipinski definition) is 0. The van der Waals surface area contributed by atoms with Crippen molar-refractivity contribution in [3.8, 4) is 22.3 Å². The minimum Gasteiger partial charge on any atom is -0.0776 e. The van der Waals surface area contributed by atoms with Crippen molar-refractivity contribution in [2.24, 2.45) is 0 Å². The van der Waals surface area contributed by atoms with Crippen LogP contribution in [0.3, 0.4) is 0 Å². The third-order valence-corrected chi connectivity index (χ3v) is 3.76. The molecule has 0 saturated carbocycles. The van der Waals surface area contributed by atoms with Gasteiger partial charge in [0.2, 0.25) is 0 Å². The first-order valence-electron chi connectivity index (χ1n) is 8.14. The maximum Gasteiger partial charge on any atom is -0.0184 e. The van der Waals surface area contributed by atoms with E-state index in [1.165, 1.54) is 22.3 Å². The Balaban J connectivity index is 0.000000173. The topological polar surface area (TPSA) is 0 Å². The molecule has 25 heavy (non-hydrogen) atoms. The highest BCUT2D eigenvalue weighted by atomic mass is 14.0. The lowest BCUT2D eigenvalue weighted by molar-refractivity contribution is 1.62. The maximum atomic E-state index is 2.12. The summed E-state index contributed by atoms with van der Waals surface area (Å²) in [6.07, 6.45) is 0. The van der Waals surface area contributed by atoms with E-state index in [1.54, 1.807) is 0 Å². The molecule has 0 aromatic heterocycles. The Morgan fingerprint density at radius 2 is 0.400 bits per heavy atom. The van der Waals surface area contributed by atoms with Crippen LogP contribution >= 0.6 is 0 Å². The van der Waals surface area contributed by atoms with Crippen LogP contribution in [0.1, 0.15) is 7.43 Å². The zero-order valence-electron chi connectivity index (χ0n) is 13.5. The molecule has 0 aliphatic heterocycles. The summed E-state index contributed by atoms with van der Waals surface area (Å²) in [5, 5.41) is 0. The van der Waals surface area contributed by atoms with Crippen molar-refractivity contribution in [1.82, 2.24) is 0 Å². The van der Waals surface area contributed by atoms with Crippen LogP contribution in [0.15, 0.2) is 121 Å². The molecule has 0 unspecified atom stereocenters. The summed E-state index contributed by atoms with van der Waals surface area (Å²) in [5.41, 5.74) is 5.10. The van der Waals surface area contributed by atoms with Gasteiger partial charge < -0.3 is 0 Å². The van der Waals surface area contributed by atoms with Gasteiger partial charge >= 0.3 is 0 Å². The molecule has 0 heterocycles. The Morgan fingerprint density at radius 1 is 0.240 bits per heavy atom. The molecule has 4 rings (SSSR count). The fraction of sp³-hybridized carbons (Fsp3) is 0.0400. The lowest BCUT2D eigenvalue weighted by Crippen LogP contribution is -1.73. The Kier molecular flexibility index (Phi) is 7.21. The molecule has 0 saturated heterocycles. The van der Waals surface area contributed by atoms with E-state index in [0.29, 0.717) is 0 Å². The van der Waals surface area contributed by atoms with Crippen LogP contribution < -0.4 is 0 Å². The van der Waals surface area contributed by atoms with Crippen LogP contribution in [-0.2, 0) is 0 Å². The second kappa shape index (κ2) is 9.89. The van der Waals surface area contributed by atoms with Gasteiger partial charge in [-0.3, -0.25) is 0 Å². The maximum absolute atomic E-state index is 2.12. The largest absolute Gasteiger partial charge is 0.0776 e. The molecule has 0 spiro atoms. The van der Waals surface area contributed by atoms with Crippen LogP contribution in [0.2, 0.25) is 0 Å². The molecule has 124 valence electrons. The second-order valence-corrected chi connectivity index (χ2v) is 5.46. The summed E-state index contributed by atoms with van der Waals surface area (Å²) in [6, 6.07) is 41.6. The van der Waals surface area contributed by atoms with E-state index >= 15 is 0 Å². The minimum atomic E-state index is 0. The van der Waals surface area contributed by atoms with Gasteiger partial charge in [-0.15, -0.1) is 0 Å². The quantitative estimate of drug-likeness (QED) is 0.362. The summed E-state index contributed by atoms with van der Waals surface area (Å²) in [5.74, 6) is 0. The fourth-order valence-electron chi connectivity index (χ4n) is 2.52. The molecule has 0 N–H and O–H groups in total. The van der Waals surface area contributed by atoms with Crippen molar-refractivity contribution >= 4 is 0 Å². The lowest BCUT2D eigenvalue weighted by Gasteiger charge is -1.98. The van der Waals surface area contributed by atoms with Gasteiger partial charge in [0.1, 0.15) is 0 Å². The first-order chi connectivity index (χ1) is 11.9. The molecule has 0 bridgehead atoms. The van der Waals surface area contributed by atoms with Crippen LogP contribution in [0.25, 0.3) is 22.3 Å². The highest BCUT2D eigenvalue weighted by molar-refractivity contribution is 5.63. The SMILES string of the molecule is C.c1ccc(-c2ccccc2)cc1.c1ccc(-c2ccccc2)cc1. The van der Waals surface area contributed by atoms with E-state index < -0.39 is 0 Å². The molecular weight excluding hydrogens is 300 g/mol. The van der Waals surface area contributed by atoms with Gasteiger partial charge in [0.05, 0.1) is 0 Å². The van der Waals surface area contributed by atoms with E-state index in [1.807, 2.05) is 24.3 Å². The first kappa shape index (κ1) is 18.2. The molecule has 0 atom stereocenters. The van der Waals surface area contributed by atoms with Gasteiger partial charge in [0, 0.05) is 0 Å². The van der Waals surface area contributed by atoms with Gasteiger partial charge in [-0.2, -0.15) is 0 Å². The molecule has 4 aromatic carbocycles. The summed E-state index contributed by atoms with van der Waals surface area (Å²) < 4.78 is 0. The van der Waals surface area contributed by atoms with Crippen molar-refractivity contribution in [1.29, 1.82) is 0 Å². The van der Waals surface area contributed by atoms with Crippen LogP contribution in [0, 0.1) is 0 Å². The first-order valence-corrected chi connectivity index (χ1v) is 8.14. The molecule has 0 fully saturated rings. The van der Waals surface area contributed by atoms with Gasteiger partial charge in [-0.1, -0.05) is 129 Å². The minimum absolute atomic E-state index is 0. The third kappa shape index (κ3) is 5.47. The predicted molar refractivity (Wildman–Crippen MR) is 110 cm³/mol. The second-order valence-electron chi connectivity index (χ2n) is 5.46. The number of hydrogen-bond acceptors (Lipinski definition) is 0. The Hall–Kier alpha value is -3.12. The van der Waals surface area contributed by atoms with E-state index in [4.69, 9.17) is 0 Å². The zero-order chi connectivity index (χ0) is 16.5. The van der Waals surface area contributed by atoms with Crippen LogP contribution in [0.5, 0.6) is 0 Å². The van der Waals surface area contributed by atoms with Crippen molar-refractivity contribution in [3.05, 3.63) is 121 Å². The molecule has 0 heteroatoms. The van der Waals surface area contributed by atoms with E-state index in [2.05, 4.69) is 97.1 Å². The van der Waals surface area contributed by atoms with Gasteiger partial charge in [-0.25, -0.2) is 0 Å². The Labute approximate surface area is 151 Å². The highest BCUT2D eigenvalue weighted by Gasteiger charge is 1.92. The van der Waals surface area contributed by atoms with Crippen molar-refractivity contribution in [2.75, 3.05) is 0 Å². The van der Waals surface area contributed by atoms with Crippen molar-refractivity contribution in [3.63, 3.8) is 0 Å². The number of benzene rings is 4. The standard InChI is InChI=1S/2C12H10.CH4/c2*1-3-7-11(8-4-1)12-9-5-2-6-10-12;/h2*1-10H;1H4. The van der Waals surface area contributed by atoms with Crippen LogP contribution in [0.4, 0.5) is 0 Å². The van der Waals surface area contributed by atoms with Crippen molar-refractivity contribution < 1.29 is 0 Å². The smallest absolute Gasteiger partial charge is 0.0184 e. The van der Waals surface area contributed by atoms with E-state index in [0.717, 1.165) is 0 Å². The third-order valence-electron chi connectivity index (χ3n) is 3.76. The monoisotopic (exact) mass is 324 g/mol. The zero-order valence-corrected chi connectivity index (χ0v) is 13.5. The van der Waals surface area contributed by atoms with Gasteiger partial charge in [0.25, 0.3) is 0 Å². The molecule has 0 aliphatic rings. The average Bonchev–Trinajstić information content (AvgIpc) is 2.71. The Morgan fingerprint density at radius 3 is 0.560 bits per heavy atom. The van der Waals surface area contributed by atoms with Gasteiger partial charge in [-0.05, 0) is 22.3 Å². The van der Waals surface area contributed by atoms with E-state index in [-0.39, 0.29) is 7.43 Å². The molecule has 0 nitrogen and oxygen atoms in total. The Bertz CT molecular complexity index is 670. The normalized spacial score (nSPS) is 9.28. The number of rotatable bonds is 2. The van der Waals surface area contributed by atoms with E-state index in [9.17, 15) is 0 Å². The van der Waals surface area contributed by atoms with Gasteiger partial charge in [0.15, 0.2) is 0 Å². The summed E-state index contributed by atoms with van der Waals surface area (Å²) >= 11 is 0. The lowest BCUT2D eigenvalue weighted by atomic mass is 10.1. The molecule has 0 aliphatic carbocycles. The molecule has 4 aromatic rings. The predicted octanol–water partition coefficient (Wildman–Crippen LogP) is 7.34. The summed E-state index contributed by atoms with van der Waals surface area (Å²) in [7, 11) is 0. The molecular formula is C25H24. The fourth-order valence-corrected chi connectivity index (χ4v) is 2.52.